The number of rotatable bonds is 14. The summed E-state index contributed by atoms with van der Waals surface area (Å²) in [4.78, 5) is 48.8. The summed E-state index contributed by atoms with van der Waals surface area (Å²) in [5.41, 5.74) is 11.9. The molecular weight excluding hydrogens is 636 g/mol. The summed E-state index contributed by atoms with van der Waals surface area (Å²) in [5.74, 6) is -1.28. The summed E-state index contributed by atoms with van der Waals surface area (Å²) in [7, 11) is 1.65. The lowest BCUT2D eigenvalue weighted by Crippen LogP contribution is -2.50. The minimum atomic E-state index is -1.21. The molecule has 3 amide bonds. The van der Waals surface area contributed by atoms with Crippen LogP contribution in [0.25, 0.3) is 11.1 Å². The molecule has 8 nitrogen and oxygen atoms in total. The van der Waals surface area contributed by atoms with E-state index in [1.165, 1.54) is 0 Å². The van der Waals surface area contributed by atoms with Gasteiger partial charge in [0.1, 0.15) is 5.75 Å². The van der Waals surface area contributed by atoms with Crippen LogP contribution in [0.3, 0.4) is 0 Å². The molecule has 2 aliphatic rings. The molecule has 3 N–H and O–H groups in total. The van der Waals surface area contributed by atoms with E-state index < -0.39 is 23.9 Å². The first-order valence-corrected chi connectivity index (χ1v) is 18.2. The zero-order chi connectivity index (χ0) is 35.7. The molecular formula is C43H48N4O4. The van der Waals surface area contributed by atoms with Crippen molar-refractivity contribution < 1.29 is 19.1 Å². The van der Waals surface area contributed by atoms with E-state index in [9.17, 15) is 14.4 Å². The third-order valence-corrected chi connectivity index (χ3v) is 10.3. The zero-order valence-corrected chi connectivity index (χ0v) is 29.6. The molecule has 1 aliphatic heterocycles. The number of nitrogens with zero attached hydrogens (tertiary/aromatic N) is 2. The summed E-state index contributed by atoms with van der Waals surface area (Å²) in [6, 6.07) is 33.5. The number of benzodiazepines with no additional fused rings is 1. The molecule has 1 fully saturated rings. The molecule has 1 heterocycles. The van der Waals surface area contributed by atoms with E-state index >= 15 is 0 Å². The van der Waals surface area contributed by atoms with E-state index in [2.05, 4.69) is 18.3 Å². The third kappa shape index (κ3) is 8.39. The lowest BCUT2D eigenvalue weighted by Gasteiger charge is -2.29. The van der Waals surface area contributed by atoms with Crippen LogP contribution in [-0.4, -0.2) is 36.7 Å². The number of hydrogen-bond acceptors (Lipinski definition) is 5. The van der Waals surface area contributed by atoms with Crippen LogP contribution >= 0.6 is 0 Å². The average Bonchev–Trinajstić information content (AvgIpc) is 3.65. The fourth-order valence-electron chi connectivity index (χ4n) is 7.59. The van der Waals surface area contributed by atoms with Gasteiger partial charge in [-0.3, -0.25) is 14.4 Å². The van der Waals surface area contributed by atoms with Crippen molar-refractivity contribution in [3.8, 4) is 16.9 Å². The first-order valence-electron chi connectivity index (χ1n) is 18.2. The van der Waals surface area contributed by atoms with Gasteiger partial charge in [-0.15, -0.1) is 0 Å². The number of unbranched alkanes of at least 4 members (excludes halogenated alkanes) is 1. The minimum Gasteiger partial charge on any atom is -0.497 e. The smallest absolute Gasteiger partial charge is 0.272 e. The number of aliphatic imine (C=N–C) groups is 1. The maximum atomic E-state index is 14.8. The first-order chi connectivity index (χ1) is 24.9. The Morgan fingerprint density at radius 1 is 0.882 bits per heavy atom. The van der Waals surface area contributed by atoms with Crippen molar-refractivity contribution in [1.29, 1.82) is 0 Å². The van der Waals surface area contributed by atoms with Crippen LogP contribution in [0.1, 0.15) is 75.0 Å². The average molecular weight is 685 g/mol. The normalized spacial score (nSPS) is 17.2. The molecule has 0 radical (unpaired) electrons. The number of anilines is 1. The number of hydrogen-bond donors (Lipinski definition) is 2. The van der Waals surface area contributed by atoms with Crippen LogP contribution in [0.2, 0.25) is 0 Å². The number of fused-ring (bicyclic) bond motifs is 1. The van der Waals surface area contributed by atoms with E-state index in [-0.39, 0.29) is 18.4 Å². The quantitative estimate of drug-likeness (QED) is 0.142. The minimum absolute atomic E-state index is 0.260. The number of nitrogens with one attached hydrogen (secondary N) is 1. The number of carbonyl (C=O) groups is 3. The van der Waals surface area contributed by atoms with Crippen LogP contribution in [-0.2, 0) is 20.9 Å². The Morgan fingerprint density at radius 3 is 2.29 bits per heavy atom. The second-order valence-corrected chi connectivity index (χ2v) is 13.8. The number of benzene rings is 4. The fourth-order valence-corrected chi connectivity index (χ4v) is 7.59. The van der Waals surface area contributed by atoms with Crippen molar-refractivity contribution in [2.45, 2.75) is 71.0 Å². The number of para-hydroxylation sites is 1. The van der Waals surface area contributed by atoms with Gasteiger partial charge in [-0.1, -0.05) is 124 Å². The Morgan fingerprint density at radius 2 is 1.59 bits per heavy atom. The fraction of sp³-hybridized carbons (Fsp3) is 0.349. The maximum Gasteiger partial charge on any atom is 0.272 e. The molecule has 4 aromatic carbocycles. The number of nitrogens with two attached hydrogens (primary N) is 1. The highest BCUT2D eigenvalue weighted by molar-refractivity contribution is 6.20. The number of primary amides is 1. The highest BCUT2D eigenvalue weighted by atomic mass is 16.5. The van der Waals surface area contributed by atoms with E-state index in [0.29, 0.717) is 30.2 Å². The molecule has 264 valence electrons. The predicted molar refractivity (Wildman–Crippen MR) is 202 cm³/mol. The van der Waals surface area contributed by atoms with E-state index in [4.69, 9.17) is 15.5 Å². The molecule has 3 atom stereocenters. The van der Waals surface area contributed by atoms with Gasteiger partial charge in [0.25, 0.3) is 5.91 Å². The maximum absolute atomic E-state index is 14.8. The van der Waals surface area contributed by atoms with Crippen molar-refractivity contribution >= 4 is 29.1 Å². The molecule has 51 heavy (non-hydrogen) atoms. The first kappa shape index (κ1) is 35.6. The van der Waals surface area contributed by atoms with Crippen molar-refractivity contribution in [2.75, 3.05) is 12.0 Å². The Labute approximate surface area is 301 Å². The van der Waals surface area contributed by atoms with Crippen LogP contribution < -0.4 is 20.7 Å². The van der Waals surface area contributed by atoms with Crippen LogP contribution in [0, 0.1) is 17.8 Å². The van der Waals surface area contributed by atoms with Crippen molar-refractivity contribution in [2.24, 2.45) is 28.5 Å². The van der Waals surface area contributed by atoms with Gasteiger partial charge in [-0.05, 0) is 59.7 Å². The second-order valence-electron chi connectivity index (χ2n) is 13.8. The highest BCUT2D eigenvalue weighted by Crippen LogP contribution is 2.35. The molecule has 6 rings (SSSR count). The van der Waals surface area contributed by atoms with Gasteiger partial charge >= 0.3 is 0 Å². The Balaban J connectivity index is 1.38. The summed E-state index contributed by atoms with van der Waals surface area (Å²) in [6.45, 7) is 2.32. The van der Waals surface area contributed by atoms with Crippen LogP contribution in [0.15, 0.2) is 108 Å². The van der Waals surface area contributed by atoms with Gasteiger partial charge < -0.3 is 20.7 Å². The summed E-state index contributed by atoms with van der Waals surface area (Å²) >= 11 is 0. The molecule has 0 spiro atoms. The second kappa shape index (κ2) is 16.6. The lowest BCUT2D eigenvalue weighted by molar-refractivity contribution is -0.136. The van der Waals surface area contributed by atoms with Gasteiger partial charge in [-0.2, -0.15) is 0 Å². The summed E-state index contributed by atoms with van der Waals surface area (Å²) < 4.78 is 5.35. The zero-order valence-electron chi connectivity index (χ0n) is 29.6. The Hall–Kier alpha value is -5.24. The molecule has 0 saturated heterocycles. The van der Waals surface area contributed by atoms with Crippen LogP contribution in [0.4, 0.5) is 5.69 Å². The van der Waals surface area contributed by atoms with Gasteiger partial charge in [-0.25, -0.2) is 4.99 Å². The molecule has 1 aliphatic carbocycles. The monoisotopic (exact) mass is 684 g/mol. The standard InChI is InChI=1S/C43H48N4O4/c1-3-4-19-35(40(44)48)37(27-29-13-8-9-14-29)42(49)46-41-43(50)47(28-30-15-12-18-33(26-30)31-22-24-34(51-2)25-23-31)38-21-11-10-20-36(38)39(45-41)32-16-6-5-7-17-32/h5-7,10-12,15-18,20-26,29,35,37,41H,3-4,8-9,13-14,19,27-28H2,1-2H3,(H2,44,48)(H,46,49). The lowest BCUT2D eigenvalue weighted by atomic mass is 9.80. The van der Waals surface area contributed by atoms with Crippen LogP contribution in [0.5, 0.6) is 5.75 Å². The molecule has 4 aromatic rings. The predicted octanol–water partition coefficient (Wildman–Crippen LogP) is 7.68. The molecule has 0 aromatic heterocycles. The molecule has 8 heteroatoms. The van der Waals surface area contributed by atoms with E-state index in [0.717, 1.165) is 72.1 Å². The van der Waals surface area contributed by atoms with E-state index in [1.54, 1.807) is 12.0 Å². The molecule has 1 saturated carbocycles. The number of ether oxygens (including phenoxy) is 1. The summed E-state index contributed by atoms with van der Waals surface area (Å²) in [6.07, 6.45) is 5.87. The molecule has 3 unspecified atom stereocenters. The number of methoxy groups -OCH3 is 1. The Bertz CT molecular complexity index is 1850. The van der Waals surface area contributed by atoms with Crippen molar-refractivity contribution in [3.63, 3.8) is 0 Å². The SMILES string of the molecule is CCCCC(C(N)=O)C(CC1CCCC1)C(=O)NC1N=C(c2ccccc2)c2ccccc2N(Cc2cccc(-c3ccc(OC)cc3)c2)C1=O. The largest absolute Gasteiger partial charge is 0.497 e. The summed E-state index contributed by atoms with van der Waals surface area (Å²) in [5, 5.41) is 3.06. The number of carbonyl (C=O) groups excluding carboxylic acids is 3. The van der Waals surface area contributed by atoms with E-state index in [1.807, 2.05) is 97.1 Å². The van der Waals surface area contributed by atoms with Crippen molar-refractivity contribution in [3.05, 3.63) is 120 Å². The third-order valence-electron chi connectivity index (χ3n) is 10.3. The Kier molecular flexibility index (Phi) is 11.6. The van der Waals surface area contributed by atoms with Gasteiger partial charge in [0.2, 0.25) is 18.0 Å². The van der Waals surface area contributed by atoms with Gasteiger partial charge in [0.05, 0.1) is 25.1 Å². The molecule has 0 bridgehead atoms. The topological polar surface area (TPSA) is 114 Å². The van der Waals surface area contributed by atoms with Gasteiger partial charge in [0, 0.05) is 23.0 Å². The van der Waals surface area contributed by atoms with Gasteiger partial charge in [0.15, 0.2) is 0 Å². The number of amides is 3. The van der Waals surface area contributed by atoms with Crippen molar-refractivity contribution in [1.82, 2.24) is 5.32 Å². The highest BCUT2D eigenvalue weighted by Gasteiger charge is 2.39.